The van der Waals surface area contributed by atoms with Gasteiger partial charge in [0.15, 0.2) is 9.34 Å². The van der Waals surface area contributed by atoms with Gasteiger partial charge in [-0.25, -0.2) is 18.4 Å². The molecule has 4 rings (SSSR count). The zero-order valence-electron chi connectivity index (χ0n) is 18.2. The number of carbonyl (C=O) groups excluding carboxylic acids is 1. The quantitative estimate of drug-likeness (QED) is 0.336. The largest absolute Gasteiger partial charge is 0.481 e. The van der Waals surface area contributed by atoms with E-state index in [1.54, 1.807) is 36.0 Å². The molecule has 0 fully saturated rings. The first-order valence-electron chi connectivity index (χ1n) is 10.1. The van der Waals surface area contributed by atoms with Crippen molar-refractivity contribution in [3.63, 3.8) is 0 Å². The fraction of sp³-hybridized carbons (Fsp3) is 0.182. The van der Waals surface area contributed by atoms with Gasteiger partial charge < -0.3 is 15.0 Å². The fourth-order valence-corrected chi connectivity index (χ4v) is 6.11. The van der Waals surface area contributed by atoms with Crippen LogP contribution in [0.25, 0.3) is 11.0 Å². The molecule has 2 aromatic heterocycles. The number of aliphatic carboxylic acids is 1. The van der Waals surface area contributed by atoms with Crippen LogP contribution in [0.15, 0.2) is 59.1 Å². The van der Waals surface area contributed by atoms with Gasteiger partial charge >= 0.3 is 5.97 Å². The zero-order chi connectivity index (χ0) is 24.5. The topological polar surface area (TPSA) is 143 Å². The predicted octanol–water partition coefficient (Wildman–Crippen LogP) is 3.62. The van der Waals surface area contributed by atoms with E-state index in [1.807, 2.05) is 30.3 Å². The average molecular weight is 500 g/mol. The lowest BCUT2D eigenvalue weighted by molar-refractivity contribution is -0.137. The van der Waals surface area contributed by atoms with Gasteiger partial charge in [0.2, 0.25) is 5.91 Å². The molecule has 3 N–H and O–H groups in total. The summed E-state index contributed by atoms with van der Waals surface area (Å²) in [5.74, 6) is -1.29. The van der Waals surface area contributed by atoms with Crippen LogP contribution in [0, 0.1) is 6.92 Å². The summed E-state index contributed by atoms with van der Waals surface area (Å²) in [6.07, 6.45) is 1.42. The van der Waals surface area contributed by atoms with Crippen molar-refractivity contribution >= 4 is 55.1 Å². The molecule has 0 aliphatic heterocycles. The lowest BCUT2D eigenvalue weighted by atomic mass is 10.0. The number of benzene rings is 2. The van der Waals surface area contributed by atoms with Gasteiger partial charge in [0.1, 0.15) is 0 Å². The molecule has 1 unspecified atom stereocenters. The van der Waals surface area contributed by atoms with E-state index in [1.165, 1.54) is 6.92 Å². The molecule has 0 spiro atoms. The second kappa shape index (κ2) is 9.23. The number of aryl methyl sites for hydroxylation is 1. The van der Waals surface area contributed by atoms with Gasteiger partial charge in [0, 0.05) is 6.92 Å². The normalized spacial score (nSPS) is 12.4. The molecule has 0 saturated carbocycles. The van der Waals surface area contributed by atoms with E-state index < -0.39 is 22.0 Å². The minimum Gasteiger partial charge on any atom is -0.481 e. The Labute approximate surface area is 199 Å². The molecule has 0 radical (unpaired) electrons. The summed E-state index contributed by atoms with van der Waals surface area (Å²) >= 11 is 0.860. The van der Waals surface area contributed by atoms with Crippen molar-refractivity contribution in [3.05, 3.63) is 66.1 Å². The van der Waals surface area contributed by atoms with Gasteiger partial charge in [0.25, 0.3) is 10.0 Å². The first-order valence-corrected chi connectivity index (χ1v) is 12.4. The number of carboxylic acids is 1. The molecular formula is C22H21N5O5S2. The van der Waals surface area contributed by atoms with E-state index in [-0.39, 0.29) is 27.4 Å². The number of anilines is 2. The second-order valence-electron chi connectivity index (χ2n) is 7.56. The number of hydrogen-bond acceptors (Lipinski definition) is 7. The molecule has 10 nitrogen and oxygen atoms in total. The Hall–Kier alpha value is -3.77. The Balaban J connectivity index is 1.65. The van der Waals surface area contributed by atoms with Crippen LogP contribution in [0.4, 0.5) is 10.8 Å². The van der Waals surface area contributed by atoms with E-state index in [4.69, 9.17) is 0 Å². The molecule has 4 aromatic rings. The third-order valence-corrected chi connectivity index (χ3v) is 8.06. The average Bonchev–Trinajstić information content (AvgIpc) is 3.35. The van der Waals surface area contributed by atoms with Gasteiger partial charge in [-0.05, 0) is 30.7 Å². The van der Waals surface area contributed by atoms with Crippen LogP contribution in [0.1, 0.15) is 30.6 Å². The Morgan fingerprint density at radius 3 is 2.59 bits per heavy atom. The number of nitrogens with one attached hydrogen (secondary N) is 2. The van der Waals surface area contributed by atoms with Crippen LogP contribution in [0.2, 0.25) is 0 Å². The Morgan fingerprint density at radius 2 is 1.91 bits per heavy atom. The summed E-state index contributed by atoms with van der Waals surface area (Å²) in [5, 5.41) is 12.1. The number of carbonyl (C=O) groups is 2. The number of nitrogens with zero attached hydrogens (tertiary/aromatic N) is 3. The highest BCUT2D eigenvalue weighted by atomic mass is 32.2. The SMILES string of the molecule is CC(=O)Nc1nc(C)c(S(=O)(=O)Nc2ccc3c(c2)ncn3C(CC(=O)O)c2ccccc2)s1. The van der Waals surface area contributed by atoms with Crippen LogP contribution in [0.5, 0.6) is 0 Å². The first kappa shape index (κ1) is 23.4. The van der Waals surface area contributed by atoms with E-state index in [0.29, 0.717) is 16.7 Å². The molecular weight excluding hydrogens is 478 g/mol. The van der Waals surface area contributed by atoms with Crippen LogP contribution in [0.3, 0.4) is 0 Å². The zero-order valence-corrected chi connectivity index (χ0v) is 19.9. The van der Waals surface area contributed by atoms with Crippen LogP contribution in [-0.4, -0.2) is 39.9 Å². The number of fused-ring (bicyclic) bond motifs is 1. The number of amides is 1. The Kier molecular flexibility index (Phi) is 6.35. The number of carboxylic acid groups (broad SMARTS) is 1. The molecule has 0 saturated heterocycles. The number of aromatic nitrogens is 3. The van der Waals surface area contributed by atoms with Crippen molar-refractivity contribution in [1.82, 2.24) is 14.5 Å². The highest BCUT2D eigenvalue weighted by molar-refractivity contribution is 7.94. The molecule has 1 amide bonds. The van der Waals surface area contributed by atoms with Crippen molar-refractivity contribution in [3.8, 4) is 0 Å². The smallest absolute Gasteiger partial charge is 0.305 e. The lowest BCUT2D eigenvalue weighted by Crippen LogP contribution is -2.14. The van der Waals surface area contributed by atoms with Gasteiger partial charge in [-0.3, -0.25) is 14.3 Å². The van der Waals surface area contributed by atoms with Crippen molar-refractivity contribution < 1.29 is 23.1 Å². The van der Waals surface area contributed by atoms with Crippen molar-refractivity contribution in [1.29, 1.82) is 0 Å². The molecule has 0 aliphatic carbocycles. The summed E-state index contributed by atoms with van der Waals surface area (Å²) in [4.78, 5) is 31.2. The Bertz CT molecular complexity index is 1480. The molecule has 34 heavy (non-hydrogen) atoms. The van der Waals surface area contributed by atoms with Gasteiger partial charge in [-0.1, -0.05) is 41.7 Å². The maximum atomic E-state index is 12.9. The molecule has 2 aromatic carbocycles. The number of rotatable bonds is 8. The van der Waals surface area contributed by atoms with Gasteiger partial charge in [-0.2, -0.15) is 0 Å². The van der Waals surface area contributed by atoms with Gasteiger partial charge in [0.05, 0.1) is 41.2 Å². The number of sulfonamides is 1. The van der Waals surface area contributed by atoms with Crippen LogP contribution < -0.4 is 10.0 Å². The number of imidazole rings is 1. The standard InChI is InChI=1S/C22H21N5O5S2/c1-13-21(33-22(24-13)25-14(2)28)34(31,32)26-16-8-9-18-17(10-16)23-12-27(18)19(11-20(29)30)15-6-4-3-5-7-15/h3-10,12,19,26H,11H2,1-2H3,(H,29,30)(H,24,25,28). The summed E-state index contributed by atoms with van der Waals surface area (Å²) in [6.45, 7) is 2.86. The van der Waals surface area contributed by atoms with E-state index in [0.717, 1.165) is 16.9 Å². The third-order valence-electron chi connectivity index (χ3n) is 5.00. The summed E-state index contributed by atoms with van der Waals surface area (Å²) in [5.41, 5.74) is 2.56. The van der Waals surface area contributed by atoms with E-state index in [2.05, 4.69) is 20.0 Å². The van der Waals surface area contributed by atoms with Gasteiger partial charge in [-0.15, -0.1) is 0 Å². The molecule has 12 heteroatoms. The maximum absolute atomic E-state index is 12.9. The van der Waals surface area contributed by atoms with Crippen molar-refractivity contribution in [2.45, 2.75) is 30.5 Å². The molecule has 2 heterocycles. The van der Waals surface area contributed by atoms with E-state index >= 15 is 0 Å². The highest BCUT2D eigenvalue weighted by Crippen LogP contribution is 2.31. The number of hydrogen-bond donors (Lipinski definition) is 3. The monoisotopic (exact) mass is 499 g/mol. The van der Waals surface area contributed by atoms with Crippen LogP contribution in [-0.2, 0) is 19.6 Å². The van der Waals surface area contributed by atoms with E-state index in [9.17, 15) is 23.1 Å². The highest BCUT2D eigenvalue weighted by Gasteiger charge is 2.24. The Morgan fingerprint density at radius 1 is 1.18 bits per heavy atom. The minimum absolute atomic E-state index is 0.00697. The third kappa shape index (κ3) is 4.92. The van der Waals surface area contributed by atoms with Crippen molar-refractivity contribution in [2.75, 3.05) is 10.0 Å². The first-order chi connectivity index (χ1) is 16.1. The second-order valence-corrected chi connectivity index (χ2v) is 10.4. The summed E-state index contributed by atoms with van der Waals surface area (Å²) in [7, 11) is -3.95. The molecule has 1 atom stereocenters. The molecule has 176 valence electrons. The minimum atomic E-state index is -3.95. The molecule has 0 bridgehead atoms. The summed E-state index contributed by atoms with van der Waals surface area (Å²) < 4.78 is 30.2. The van der Waals surface area contributed by atoms with Crippen molar-refractivity contribution in [2.24, 2.45) is 0 Å². The van der Waals surface area contributed by atoms with Crippen LogP contribution >= 0.6 is 11.3 Å². The predicted molar refractivity (Wildman–Crippen MR) is 129 cm³/mol. The summed E-state index contributed by atoms with van der Waals surface area (Å²) in [6, 6.07) is 13.6. The maximum Gasteiger partial charge on any atom is 0.305 e. The fourth-order valence-electron chi connectivity index (χ4n) is 3.60. The number of thiazole rings is 1. The molecule has 0 aliphatic rings. The lowest BCUT2D eigenvalue weighted by Gasteiger charge is -2.18.